The van der Waals surface area contributed by atoms with Gasteiger partial charge in [-0.2, -0.15) is 0 Å². The maximum absolute atomic E-state index is 13.5. The molecule has 3 atom stereocenters. The minimum absolute atomic E-state index is 0.195. The number of aromatic nitrogens is 3. The highest BCUT2D eigenvalue weighted by molar-refractivity contribution is 6.03. The number of rotatable bonds is 9. The molecule has 1 aromatic heterocycles. The Bertz CT molecular complexity index is 1110. The van der Waals surface area contributed by atoms with E-state index in [4.69, 9.17) is 10.5 Å². The first-order valence-corrected chi connectivity index (χ1v) is 13.3. The van der Waals surface area contributed by atoms with E-state index in [-0.39, 0.29) is 30.6 Å². The summed E-state index contributed by atoms with van der Waals surface area (Å²) < 4.78 is 6.76. The molecule has 13 nitrogen and oxygen atoms in total. The largest absolute Gasteiger partial charge is 0.460 e. The van der Waals surface area contributed by atoms with Gasteiger partial charge in [0.05, 0.1) is 18.8 Å². The molecule has 38 heavy (non-hydrogen) atoms. The molecule has 2 aliphatic heterocycles. The monoisotopic (exact) mass is 531 g/mol. The van der Waals surface area contributed by atoms with Crippen molar-refractivity contribution in [1.82, 2.24) is 30.1 Å². The molecular weight excluding hydrogens is 494 g/mol. The van der Waals surface area contributed by atoms with Crippen molar-refractivity contribution >= 4 is 29.6 Å². The molecule has 3 N–H and O–H groups in total. The first kappa shape index (κ1) is 27.5. The molecule has 1 saturated carbocycles. The summed E-state index contributed by atoms with van der Waals surface area (Å²) in [6.45, 7) is 5.50. The van der Waals surface area contributed by atoms with Gasteiger partial charge in [-0.1, -0.05) is 24.5 Å². The summed E-state index contributed by atoms with van der Waals surface area (Å²) in [4.78, 5) is 65.2. The van der Waals surface area contributed by atoms with Crippen molar-refractivity contribution in [2.75, 3.05) is 19.6 Å². The summed E-state index contributed by atoms with van der Waals surface area (Å²) in [5, 5.41) is 10.9. The number of esters is 1. The number of carbonyl (C=O) groups excluding carboxylic acids is 5. The molecule has 0 radical (unpaired) electrons. The van der Waals surface area contributed by atoms with Gasteiger partial charge in [0, 0.05) is 20.0 Å². The Morgan fingerprint density at radius 1 is 1.18 bits per heavy atom. The van der Waals surface area contributed by atoms with Crippen LogP contribution in [0.3, 0.4) is 0 Å². The lowest BCUT2D eigenvalue weighted by Crippen LogP contribution is -2.74. The van der Waals surface area contributed by atoms with E-state index in [1.807, 2.05) is 6.92 Å². The maximum atomic E-state index is 13.5. The average molecular weight is 532 g/mol. The molecule has 3 fully saturated rings. The summed E-state index contributed by atoms with van der Waals surface area (Å²) in [5.41, 5.74) is 5.30. The van der Waals surface area contributed by atoms with Crippen molar-refractivity contribution < 1.29 is 28.7 Å². The third kappa shape index (κ3) is 5.37. The quantitative estimate of drug-likeness (QED) is 0.329. The molecule has 4 amide bonds. The molecule has 1 aromatic rings. The lowest BCUT2D eigenvalue weighted by atomic mass is 9.85. The molecule has 0 bridgehead atoms. The Morgan fingerprint density at radius 2 is 1.89 bits per heavy atom. The summed E-state index contributed by atoms with van der Waals surface area (Å²) in [6.07, 6.45) is 6.19. The number of β-lactam (4-membered cyclic amide) rings is 1. The van der Waals surface area contributed by atoms with Crippen molar-refractivity contribution in [2.24, 2.45) is 11.7 Å². The average Bonchev–Trinajstić information content (AvgIpc) is 3.47. The van der Waals surface area contributed by atoms with Gasteiger partial charge in [0.1, 0.15) is 17.7 Å². The van der Waals surface area contributed by atoms with Crippen LogP contribution in [0.15, 0.2) is 0 Å². The Morgan fingerprint density at radius 3 is 2.53 bits per heavy atom. The van der Waals surface area contributed by atoms with E-state index in [1.54, 1.807) is 9.58 Å². The number of nitrogens with one attached hydrogen (secondary N) is 1. The maximum Gasteiger partial charge on any atom is 0.302 e. The Kier molecular flexibility index (Phi) is 8.02. The van der Waals surface area contributed by atoms with E-state index in [0.717, 1.165) is 19.4 Å². The summed E-state index contributed by atoms with van der Waals surface area (Å²) >= 11 is 0. The molecule has 1 aliphatic carbocycles. The fraction of sp³-hybridized carbons (Fsp3) is 0.720. The van der Waals surface area contributed by atoms with E-state index < -0.39 is 35.5 Å². The summed E-state index contributed by atoms with van der Waals surface area (Å²) in [7, 11) is 0. The topological polar surface area (TPSA) is 170 Å². The second-order valence-electron chi connectivity index (χ2n) is 10.7. The molecule has 2 saturated heterocycles. The number of ether oxygens (including phenoxy) is 1. The normalized spacial score (nSPS) is 23.2. The number of primary amides is 1. The van der Waals surface area contributed by atoms with Crippen LogP contribution in [0.4, 0.5) is 0 Å². The van der Waals surface area contributed by atoms with Crippen LogP contribution in [-0.4, -0.2) is 91.7 Å². The smallest absolute Gasteiger partial charge is 0.302 e. The first-order valence-electron chi connectivity index (χ1n) is 13.3. The van der Waals surface area contributed by atoms with Crippen LogP contribution in [0.25, 0.3) is 0 Å². The van der Waals surface area contributed by atoms with E-state index in [0.29, 0.717) is 31.0 Å². The second kappa shape index (κ2) is 11.1. The third-order valence-corrected chi connectivity index (χ3v) is 7.99. The van der Waals surface area contributed by atoms with Gasteiger partial charge >= 0.3 is 5.97 Å². The highest BCUT2D eigenvalue weighted by Gasteiger charge is 2.60. The fourth-order valence-corrected chi connectivity index (χ4v) is 5.96. The van der Waals surface area contributed by atoms with E-state index in [1.165, 1.54) is 38.0 Å². The molecule has 208 valence electrons. The zero-order valence-corrected chi connectivity index (χ0v) is 22.3. The van der Waals surface area contributed by atoms with Crippen molar-refractivity contribution in [3.63, 3.8) is 0 Å². The third-order valence-electron chi connectivity index (χ3n) is 7.99. The lowest BCUT2D eigenvalue weighted by molar-refractivity contribution is -0.161. The van der Waals surface area contributed by atoms with Crippen LogP contribution in [0.2, 0.25) is 0 Å². The number of likely N-dealkylation sites (tertiary alicyclic amines) is 2. The van der Waals surface area contributed by atoms with Gasteiger partial charge in [-0.05, 0) is 45.4 Å². The number of nitrogens with zero attached hydrogens (tertiary/aromatic N) is 5. The van der Waals surface area contributed by atoms with Gasteiger partial charge in [0.25, 0.3) is 11.8 Å². The summed E-state index contributed by atoms with van der Waals surface area (Å²) in [5.74, 6) is -2.21. The number of nitrogens with two attached hydrogens (primary N) is 1. The zero-order valence-electron chi connectivity index (χ0n) is 22.3. The second-order valence-corrected chi connectivity index (χ2v) is 10.7. The van der Waals surface area contributed by atoms with Crippen molar-refractivity contribution in [2.45, 2.75) is 89.9 Å². The molecule has 3 heterocycles. The predicted octanol–water partition coefficient (Wildman–Crippen LogP) is -0.0945. The minimum Gasteiger partial charge on any atom is -0.460 e. The van der Waals surface area contributed by atoms with Gasteiger partial charge in [-0.15, -0.1) is 5.10 Å². The van der Waals surface area contributed by atoms with E-state index in [2.05, 4.69) is 15.6 Å². The highest BCUT2D eigenvalue weighted by atomic mass is 16.5. The minimum atomic E-state index is -1.24. The van der Waals surface area contributed by atoms with E-state index in [9.17, 15) is 24.0 Å². The Hall–Kier alpha value is -3.51. The van der Waals surface area contributed by atoms with Gasteiger partial charge < -0.3 is 25.6 Å². The zero-order chi connectivity index (χ0) is 27.6. The Balaban J connectivity index is 1.38. The number of hydrogen-bond donors (Lipinski definition) is 2. The number of amides is 4. The lowest BCUT2D eigenvalue weighted by Gasteiger charge is -2.50. The molecule has 0 aromatic carbocycles. The molecule has 13 heteroatoms. The van der Waals surface area contributed by atoms with Gasteiger partial charge in [-0.25, -0.2) is 4.68 Å². The first-order chi connectivity index (χ1) is 18.0. The molecular formula is C25H37N7O6. The van der Waals surface area contributed by atoms with Crippen LogP contribution in [0.5, 0.6) is 0 Å². The van der Waals surface area contributed by atoms with Gasteiger partial charge in [0.2, 0.25) is 11.8 Å². The van der Waals surface area contributed by atoms with Crippen LogP contribution in [0.1, 0.15) is 75.0 Å². The van der Waals surface area contributed by atoms with Crippen LogP contribution >= 0.6 is 0 Å². The van der Waals surface area contributed by atoms with Gasteiger partial charge in [-0.3, -0.25) is 24.0 Å². The standard InChI is InChI=1S/C25H37N7O6/c1-15-20(28-29-32(15)12-18-8-5-4-6-9-18)23(36)31-11-7-10-25(31)14-30(24(25)37)13-19(34)27-21(22(26)35)16(2)38-17(3)33/h16,18,21H,4-14H2,1-3H3,(H2,26,35)(H,27,34). The molecule has 3 unspecified atom stereocenters. The highest BCUT2D eigenvalue weighted by Crippen LogP contribution is 2.39. The molecule has 3 aliphatic rings. The SMILES string of the molecule is CC(=O)OC(C)C(NC(=O)CN1CC2(CCCN2C(=O)c2nnn(CC3CCCCC3)c2C)C1=O)C(N)=O. The molecule has 1 spiro atoms. The Labute approximate surface area is 221 Å². The van der Waals surface area contributed by atoms with Crippen molar-refractivity contribution in [1.29, 1.82) is 0 Å². The van der Waals surface area contributed by atoms with Crippen LogP contribution < -0.4 is 11.1 Å². The summed E-state index contributed by atoms with van der Waals surface area (Å²) in [6, 6.07) is -1.24. The van der Waals surface area contributed by atoms with Crippen LogP contribution in [0, 0.1) is 12.8 Å². The van der Waals surface area contributed by atoms with Crippen LogP contribution in [-0.2, 0) is 30.5 Å². The molecule has 4 rings (SSSR count). The number of carbonyl (C=O) groups is 5. The predicted molar refractivity (Wildman–Crippen MR) is 133 cm³/mol. The van der Waals surface area contributed by atoms with Gasteiger partial charge in [0.15, 0.2) is 5.69 Å². The van der Waals surface area contributed by atoms with Crippen molar-refractivity contribution in [3.05, 3.63) is 11.4 Å². The van der Waals surface area contributed by atoms with E-state index >= 15 is 0 Å². The number of hydrogen-bond acceptors (Lipinski definition) is 8. The fourth-order valence-electron chi connectivity index (χ4n) is 5.96. The van der Waals surface area contributed by atoms with Crippen molar-refractivity contribution in [3.8, 4) is 0 Å².